The number of benzene rings is 2. The number of alkyl halides is 3. The Bertz CT molecular complexity index is 1220. The second-order valence-electron chi connectivity index (χ2n) is 6.98. The van der Waals surface area contributed by atoms with Crippen LogP contribution in [0.5, 0.6) is 11.6 Å². The number of amides is 3. The average Bonchev–Trinajstić information content (AvgIpc) is 3.02. The van der Waals surface area contributed by atoms with Gasteiger partial charge in [-0.1, -0.05) is 6.07 Å². The van der Waals surface area contributed by atoms with E-state index in [4.69, 9.17) is 10.5 Å². The lowest BCUT2D eigenvalue weighted by molar-refractivity contribution is -0.137. The Balaban J connectivity index is 1.59. The first-order valence-corrected chi connectivity index (χ1v) is 9.31. The molecule has 3 aromatic rings. The van der Waals surface area contributed by atoms with Gasteiger partial charge in [0.15, 0.2) is 0 Å². The third kappa shape index (κ3) is 4.04. The van der Waals surface area contributed by atoms with Crippen molar-refractivity contribution in [3.63, 3.8) is 0 Å². The van der Waals surface area contributed by atoms with Gasteiger partial charge in [0.1, 0.15) is 24.4 Å². The predicted octanol–water partition coefficient (Wildman–Crippen LogP) is 4.15. The minimum absolute atomic E-state index is 0.0142. The van der Waals surface area contributed by atoms with Gasteiger partial charge in [-0.25, -0.2) is 19.7 Å². The van der Waals surface area contributed by atoms with Crippen molar-refractivity contribution in [2.24, 2.45) is 0 Å². The zero-order chi connectivity index (χ0) is 23.0. The average molecular weight is 443 g/mol. The van der Waals surface area contributed by atoms with Gasteiger partial charge in [0.25, 0.3) is 5.91 Å². The van der Waals surface area contributed by atoms with E-state index >= 15 is 0 Å². The van der Waals surface area contributed by atoms with Crippen molar-refractivity contribution in [3.8, 4) is 11.6 Å². The topological polar surface area (TPSA) is 102 Å². The molecule has 0 bridgehead atoms. The number of hydrogen-bond donors (Lipinski definition) is 1. The molecule has 164 valence electrons. The zero-order valence-electron chi connectivity index (χ0n) is 16.6. The normalized spacial score (nSPS) is 14.2. The highest BCUT2D eigenvalue weighted by molar-refractivity contribution is 6.27. The van der Waals surface area contributed by atoms with Crippen LogP contribution in [0.2, 0.25) is 0 Å². The van der Waals surface area contributed by atoms with E-state index in [1.807, 2.05) is 0 Å². The number of nitrogen functional groups attached to an aromatic ring is 1. The second-order valence-corrected chi connectivity index (χ2v) is 6.98. The lowest BCUT2D eigenvalue weighted by Crippen LogP contribution is -2.33. The van der Waals surface area contributed by atoms with E-state index in [-0.39, 0.29) is 23.9 Å². The van der Waals surface area contributed by atoms with Gasteiger partial charge in [-0.3, -0.25) is 9.69 Å². The van der Waals surface area contributed by atoms with Crippen molar-refractivity contribution in [3.05, 3.63) is 66.0 Å². The fraction of sp³-hybridized carbons (Fsp3) is 0.143. The van der Waals surface area contributed by atoms with E-state index in [1.165, 1.54) is 36.7 Å². The molecule has 11 heteroatoms. The summed E-state index contributed by atoms with van der Waals surface area (Å²) >= 11 is 0. The lowest BCUT2D eigenvalue weighted by atomic mass is 10.1. The maximum absolute atomic E-state index is 13.0. The minimum Gasteiger partial charge on any atom is -0.439 e. The number of carbonyl (C=O) groups excluding carboxylic acids is 2. The molecule has 0 aliphatic carbocycles. The van der Waals surface area contributed by atoms with Gasteiger partial charge in [-0.05, 0) is 48.9 Å². The Labute approximate surface area is 180 Å². The number of carbonyl (C=O) groups is 2. The summed E-state index contributed by atoms with van der Waals surface area (Å²) in [5.41, 5.74) is 5.51. The fourth-order valence-corrected chi connectivity index (χ4v) is 3.26. The Hall–Kier alpha value is -4.15. The molecule has 0 spiro atoms. The van der Waals surface area contributed by atoms with Crippen LogP contribution in [-0.4, -0.2) is 28.5 Å². The molecular formula is C21H16F3N5O3. The highest BCUT2D eigenvalue weighted by Gasteiger charge is 2.39. The van der Waals surface area contributed by atoms with Crippen molar-refractivity contribution >= 4 is 29.1 Å². The van der Waals surface area contributed by atoms with Crippen molar-refractivity contribution in [1.29, 1.82) is 0 Å². The number of rotatable bonds is 4. The van der Waals surface area contributed by atoms with Crippen LogP contribution in [0.1, 0.15) is 11.1 Å². The van der Waals surface area contributed by atoms with Crippen LogP contribution >= 0.6 is 0 Å². The van der Waals surface area contributed by atoms with E-state index in [2.05, 4.69) is 9.97 Å². The van der Waals surface area contributed by atoms with Crippen LogP contribution in [0.15, 0.2) is 54.9 Å². The molecule has 4 rings (SSSR count). The maximum Gasteiger partial charge on any atom is 0.416 e. The van der Waals surface area contributed by atoms with Crippen LogP contribution in [0.25, 0.3) is 0 Å². The fourth-order valence-electron chi connectivity index (χ4n) is 3.26. The number of aryl methyl sites for hydroxylation is 1. The van der Waals surface area contributed by atoms with Gasteiger partial charge in [-0.15, -0.1) is 0 Å². The Morgan fingerprint density at radius 1 is 1.06 bits per heavy atom. The minimum atomic E-state index is -4.57. The summed E-state index contributed by atoms with van der Waals surface area (Å²) < 4.78 is 44.7. The SMILES string of the molecule is Cc1cc(Oc2cc(N)ncn2)ccc1N1C(=O)CN(c2cccc(C(F)(F)F)c2)C1=O. The molecule has 0 unspecified atom stereocenters. The Kier molecular flexibility index (Phi) is 5.17. The molecule has 8 nitrogen and oxygen atoms in total. The molecule has 2 aromatic carbocycles. The van der Waals surface area contributed by atoms with E-state index in [1.54, 1.807) is 13.0 Å². The summed E-state index contributed by atoms with van der Waals surface area (Å²) in [6.07, 6.45) is -3.32. The number of aromatic nitrogens is 2. The number of nitrogens with two attached hydrogens (primary N) is 1. The summed E-state index contributed by atoms with van der Waals surface area (Å²) in [5.74, 6) is 0.269. The van der Waals surface area contributed by atoms with Crippen molar-refractivity contribution in [2.45, 2.75) is 13.1 Å². The number of anilines is 3. The van der Waals surface area contributed by atoms with Crippen LogP contribution < -0.4 is 20.3 Å². The largest absolute Gasteiger partial charge is 0.439 e. The molecule has 0 atom stereocenters. The van der Waals surface area contributed by atoms with Gasteiger partial charge >= 0.3 is 12.2 Å². The Morgan fingerprint density at radius 2 is 1.84 bits per heavy atom. The van der Waals surface area contributed by atoms with Crippen LogP contribution in [0, 0.1) is 6.92 Å². The van der Waals surface area contributed by atoms with Gasteiger partial charge in [0.05, 0.1) is 11.3 Å². The van der Waals surface area contributed by atoms with Gasteiger partial charge < -0.3 is 10.5 Å². The highest BCUT2D eigenvalue weighted by Crippen LogP contribution is 2.35. The van der Waals surface area contributed by atoms with Crippen LogP contribution in [0.3, 0.4) is 0 Å². The van der Waals surface area contributed by atoms with Gasteiger partial charge in [0, 0.05) is 11.8 Å². The number of nitrogens with zero attached hydrogens (tertiary/aromatic N) is 4. The molecule has 1 aromatic heterocycles. The maximum atomic E-state index is 13.0. The summed E-state index contributed by atoms with van der Waals surface area (Å²) in [5, 5.41) is 0. The molecule has 0 saturated carbocycles. The lowest BCUT2D eigenvalue weighted by Gasteiger charge is -2.20. The highest BCUT2D eigenvalue weighted by atomic mass is 19.4. The summed E-state index contributed by atoms with van der Waals surface area (Å²) in [7, 11) is 0. The second kappa shape index (κ2) is 7.84. The molecule has 0 radical (unpaired) electrons. The number of imide groups is 1. The number of ether oxygens (including phenoxy) is 1. The first-order valence-electron chi connectivity index (χ1n) is 9.31. The number of urea groups is 1. The predicted molar refractivity (Wildman–Crippen MR) is 109 cm³/mol. The molecule has 2 heterocycles. The van der Waals surface area contributed by atoms with Crippen molar-refractivity contribution in [2.75, 3.05) is 22.1 Å². The molecule has 1 fully saturated rings. The molecule has 2 N–H and O–H groups in total. The van der Waals surface area contributed by atoms with Crippen LogP contribution in [0.4, 0.5) is 35.2 Å². The van der Waals surface area contributed by atoms with Crippen molar-refractivity contribution in [1.82, 2.24) is 9.97 Å². The summed E-state index contributed by atoms with van der Waals surface area (Å²) in [6.45, 7) is 1.29. The molecule has 3 amide bonds. The molecule has 1 saturated heterocycles. The molecule has 1 aliphatic heterocycles. The van der Waals surface area contributed by atoms with E-state index in [9.17, 15) is 22.8 Å². The summed E-state index contributed by atoms with van der Waals surface area (Å²) in [6, 6.07) is 9.62. The van der Waals surface area contributed by atoms with Crippen LogP contribution in [-0.2, 0) is 11.0 Å². The number of hydrogen-bond acceptors (Lipinski definition) is 6. The zero-order valence-corrected chi connectivity index (χ0v) is 16.6. The monoisotopic (exact) mass is 443 g/mol. The van der Waals surface area contributed by atoms with E-state index in [0.29, 0.717) is 17.0 Å². The standard InChI is InChI=1S/C21H16F3N5O3/c1-12-7-15(32-18-9-17(25)26-11-27-18)5-6-16(12)29-19(30)10-28(20(29)31)14-4-2-3-13(8-14)21(22,23)24/h2-9,11H,10H2,1H3,(H2,25,26,27). The smallest absolute Gasteiger partial charge is 0.416 e. The van der Waals surface area contributed by atoms with Crippen molar-refractivity contribution < 1.29 is 27.5 Å². The first-order chi connectivity index (χ1) is 15.1. The number of halogens is 3. The first kappa shape index (κ1) is 21.1. The molecule has 32 heavy (non-hydrogen) atoms. The quantitative estimate of drug-likeness (QED) is 0.608. The van der Waals surface area contributed by atoms with E-state index in [0.717, 1.165) is 21.9 Å². The van der Waals surface area contributed by atoms with Gasteiger partial charge in [0.2, 0.25) is 5.88 Å². The third-order valence-corrected chi connectivity index (χ3v) is 4.74. The Morgan fingerprint density at radius 3 is 2.53 bits per heavy atom. The molecular weight excluding hydrogens is 427 g/mol. The molecule has 1 aliphatic rings. The van der Waals surface area contributed by atoms with Gasteiger partial charge in [-0.2, -0.15) is 13.2 Å². The third-order valence-electron chi connectivity index (χ3n) is 4.74. The van der Waals surface area contributed by atoms with E-state index < -0.39 is 23.7 Å². The summed E-state index contributed by atoms with van der Waals surface area (Å²) in [4.78, 5) is 35.2.